The van der Waals surface area contributed by atoms with Crippen molar-refractivity contribution in [1.29, 1.82) is 0 Å². The van der Waals surface area contributed by atoms with Crippen LogP contribution in [-0.4, -0.2) is 32.0 Å². The van der Waals surface area contributed by atoms with Crippen LogP contribution in [0, 0.1) is 0 Å². The second-order valence-corrected chi connectivity index (χ2v) is 3.21. The Hall–Kier alpha value is 0.990. The van der Waals surface area contributed by atoms with Crippen LogP contribution < -0.4 is 59.1 Å². The molecule has 0 aliphatic heterocycles. The van der Waals surface area contributed by atoms with Crippen LogP contribution in [0.25, 0.3) is 0 Å². The number of carbonyl (C=O) groups is 2. The van der Waals surface area contributed by atoms with E-state index >= 15 is 0 Å². The summed E-state index contributed by atoms with van der Waals surface area (Å²) in [6, 6.07) is 0. The molecular weight excluding hydrogens is 235 g/mol. The van der Waals surface area contributed by atoms with Crippen LogP contribution in [0.4, 0.5) is 0 Å². The Morgan fingerprint density at radius 2 is 1.79 bits per heavy atom. The molecule has 1 amide bonds. The van der Waals surface area contributed by atoms with Crippen molar-refractivity contribution in [1.82, 2.24) is 5.06 Å². The normalized spacial score (nSPS) is 9.93. The fraction of sp³-hybridized carbons (Fsp3) is 0. The molecule has 0 atom stereocenters. The van der Waals surface area contributed by atoms with Gasteiger partial charge in [0.2, 0.25) is 6.41 Å². The van der Waals surface area contributed by atoms with Crippen molar-refractivity contribution < 1.29 is 91.1 Å². The summed E-state index contributed by atoms with van der Waals surface area (Å²) in [5.74, 6) is 0. The third-order valence-electron chi connectivity index (χ3n) is 0.765. The zero-order chi connectivity index (χ0) is 9.78. The molecule has 14 heavy (non-hydrogen) atoms. The van der Waals surface area contributed by atoms with E-state index in [0.717, 1.165) is 0 Å². The van der Waals surface area contributed by atoms with Gasteiger partial charge >= 0.3 is 66.7 Å². The summed E-state index contributed by atoms with van der Waals surface area (Å²) in [7, 11) is -4.80. The molecule has 0 saturated carbocycles. The molecule has 0 aliphatic carbocycles. The van der Waals surface area contributed by atoms with Crippen molar-refractivity contribution in [2.75, 3.05) is 0 Å². The summed E-state index contributed by atoms with van der Waals surface area (Å²) >= 11 is 0. The van der Waals surface area contributed by atoms with Crippen LogP contribution in [0.5, 0.6) is 0 Å². The van der Waals surface area contributed by atoms with E-state index in [2.05, 4.69) is 0 Å². The standard InChI is InChI=1S/C4H6NO6P.2Na.2H/c6-3-5(8)2-1-4(7)12(9,10)11;;;;/h1-3,8H,(H2,9,10,11);;;;/q;2*+1;2*-1/b2-1+;;;;. The Balaban J connectivity index is -0.000000101. The molecule has 0 spiro atoms. The molecule has 0 radical (unpaired) electrons. The predicted molar refractivity (Wildman–Crippen MR) is 38.1 cm³/mol. The Kier molecular flexibility index (Phi) is 13.5. The van der Waals surface area contributed by atoms with E-state index in [-0.39, 0.29) is 73.4 Å². The molecule has 10 heteroatoms. The van der Waals surface area contributed by atoms with Gasteiger partial charge in [-0.2, -0.15) is 0 Å². The fourth-order valence-electron chi connectivity index (χ4n) is 0.272. The molecule has 3 N–H and O–H groups in total. The van der Waals surface area contributed by atoms with Crippen molar-refractivity contribution >= 4 is 19.5 Å². The van der Waals surface area contributed by atoms with Gasteiger partial charge in [-0.3, -0.25) is 19.4 Å². The van der Waals surface area contributed by atoms with Crippen molar-refractivity contribution in [3.63, 3.8) is 0 Å². The van der Waals surface area contributed by atoms with E-state index in [1.165, 1.54) is 0 Å². The molecule has 0 aromatic carbocycles. The smallest absolute Gasteiger partial charge is 1.00 e. The van der Waals surface area contributed by atoms with Crippen LogP contribution in [-0.2, 0) is 14.2 Å². The number of hydroxylamine groups is 2. The Bertz CT molecular complexity index is 271. The number of rotatable bonds is 4. The molecule has 0 aliphatic rings. The maximum Gasteiger partial charge on any atom is 1.00 e. The first-order valence-electron chi connectivity index (χ1n) is 2.58. The number of amides is 1. The van der Waals surface area contributed by atoms with Gasteiger partial charge in [0.25, 0.3) is 5.52 Å². The van der Waals surface area contributed by atoms with Crippen LogP contribution in [0.15, 0.2) is 12.3 Å². The van der Waals surface area contributed by atoms with Crippen LogP contribution in [0.3, 0.4) is 0 Å². The van der Waals surface area contributed by atoms with E-state index < -0.39 is 13.1 Å². The minimum atomic E-state index is -4.80. The molecule has 0 rings (SSSR count). The second-order valence-electron chi connectivity index (χ2n) is 1.68. The van der Waals surface area contributed by atoms with Gasteiger partial charge in [-0.05, 0) is 0 Å². The largest absolute Gasteiger partial charge is 1.00 e. The summed E-state index contributed by atoms with van der Waals surface area (Å²) < 4.78 is 10.1. The molecule has 72 valence electrons. The maximum atomic E-state index is 10.4. The first kappa shape index (κ1) is 20.4. The topological polar surface area (TPSA) is 115 Å². The Morgan fingerprint density at radius 1 is 1.36 bits per heavy atom. The van der Waals surface area contributed by atoms with Crippen molar-refractivity contribution in [3.05, 3.63) is 12.3 Å². The Labute approximate surface area is 127 Å². The summed E-state index contributed by atoms with van der Waals surface area (Å²) in [5, 5.41) is 8.30. The van der Waals surface area contributed by atoms with E-state index in [1.807, 2.05) is 0 Å². The maximum absolute atomic E-state index is 10.4. The third kappa shape index (κ3) is 9.54. The molecule has 0 aromatic heterocycles. The molecular formula is C4H8NNa2O6P. The molecule has 0 bridgehead atoms. The fourth-order valence-corrected chi connectivity index (χ4v) is 0.533. The molecule has 0 unspecified atom stereocenters. The average molecular weight is 243 g/mol. The van der Waals surface area contributed by atoms with Gasteiger partial charge in [0.15, 0.2) is 0 Å². The molecule has 7 nitrogen and oxygen atoms in total. The number of hydrogen-bond donors (Lipinski definition) is 3. The first-order chi connectivity index (χ1) is 5.38. The van der Waals surface area contributed by atoms with Crippen LogP contribution >= 0.6 is 7.60 Å². The third-order valence-corrected chi connectivity index (χ3v) is 1.49. The number of carbonyl (C=O) groups excluding carboxylic acids is 2. The molecule has 0 fully saturated rings. The van der Waals surface area contributed by atoms with Gasteiger partial charge in [-0.25, -0.2) is 5.06 Å². The van der Waals surface area contributed by atoms with E-state index in [0.29, 0.717) is 12.3 Å². The predicted octanol–water partition coefficient (Wildman–Crippen LogP) is -6.71. The summed E-state index contributed by atoms with van der Waals surface area (Å²) in [6.07, 6.45) is 0.868. The van der Waals surface area contributed by atoms with Crippen LogP contribution in [0.1, 0.15) is 2.85 Å². The monoisotopic (exact) mass is 243 g/mol. The van der Waals surface area contributed by atoms with E-state index in [9.17, 15) is 14.2 Å². The van der Waals surface area contributed by atoms with Crippen molar-refractivity contribution in [3.8, 4) is 0 Å². The van der Waals surface area contributed by atoms with Gasteiger partial charge in [-0.1, -0.05) is 0 Å². The second kappa shape index (κ2) is 9.23. The van der Waals surface area contributed by atoms with Crippen molar-refractivity contribution in [2.24, 2.45) is 0 Å². The number of allylic oxidation sites excluding steroid dienone is 1. The minimum absolute atomic E-state index is 0. The molecule has 0 heterocycles. The molecule has 0 saturated heterocycles. The molecule has 0 aromatic rings. The van der Waals surface area contributed by atoms with Gasteiger partial charge in [0.05, 0.1) is 0 Å². The minimum Gasteiger partial charge on any atom is -1.00 e. The van der Waals surface area contributed by atoms with Gasteiger partial charge in [0.1, 0.15) is 0 Å². The zero-order valence-electron chi connectivity index (χ0n) is 9.69. The SMILES string of the molecule is O=CN(O)/C=C/C(=O)P(=O)(O)O.[H-].[H-].[Na+].[Na+]. The van der Waals surface area contributed by atoms with Gasteiger partial charge < -0.3 is 12.6 Å². The first-order valence-corrected chi connectivity index (χ1v) is 4.20. The van der Waals surface area contributed by atoms with Gasteiger partial charge in [0, 0.05) is 12.3 Å². The van der Waals surface area contributed by atoms with Gasteiger partial charge in [-0.15, -0.1) is 0 Å². The quantitative estimate of drug-likeness (QED) is 0.113. The zero-order valence-corrected chi connectivity index (χ0v) is 12.6. The summed E-state index contributed by atoms with van der Waals surface area (Å²) in [4.78, 5) is 36.5. The summed E-state index contributed by atoms with van der Waals surface area (Å²) in [5.41, 5.74) is -1.48. The average Bonchev–Trinajstić information content (AvgIpc) is 1.97. The Morgan fingerprint density at radius 3 is 2.07 bits per heavy atom. The summed E-state index contributed by atoms with van der Waals surface area (Å²) in [6.45, 7) is 0. The number of hydrogen-bond acceptors (Lipinski definition) is 4. The number of nitrogens with zero attached hydrogens (tertiary/aromatic N) is 1. The van der Waals surface area contributed by atoms with Crippen LogP contribution in [0.2, 0.25) is 0 Å². The van der Waals surface area contributed by atoms with Crippen molar-refractivity contribution in [2.45, 2.75) is 0 Å². The van der Waals surface area contributed by atoms with E-state index in [1.54, 1.807) is 0 Å². The van der Waals surface area contributed by atoms with E-state index in [4.69, 9.17) is 15.0 Å².